The summed E-state index contributed by atoms with van der Waals surface area (Å²) in [5.41, 5.74) is 3.78. The summed E-state index contributed by atoms with van der Waals surface area (Å²) < 4.78 is 0. The lowest BCUT2D eigenvalue weighted by Crippen LogP contribution is -2.42. The number of carbonyl (C=O) groups is 2. The molecule has 0 unspecified atom stereocenters. The van der Waals surface area contributed by atoms with E-state index in [1.54, 1.807) is 6.92 Å². The van der Waals surface area contributed by atoms with E-state index in [0.717, 1.165) is 33.0 Å². The average molecular weight is 429 g/mol. The number of nitrogens with one attached hydrogen (secondary N) is 1. The number of carbonyl (C=O) groups excluding carboxylic acids is 1. The third-order valence-electron chi connectivity index (χ3n) is 5.53. The molecule has 0 saturated carbocycles. The van der Waals surface area contributed by atoms with Crippen molar-refractivity contribution in [1.29, 1.82) is 0 Å². The van der Waals surface area contributed by atoms with Crippen molar-refractivity contribution in [2.24, 2.45) is 0 Å². The van der Waals surface area contributed by atoms with Crippen LogP contribution in [0.2, 0.25) is 0 Å². The number of benzene rings is 3. The summed E-state index contributed by atoms with van der Waals surface area (Å²) in [4.78, 5) is 25.1. The number of hydrogen-bond donors (Lipinski definition) is 2. The number of hydrogen-bond acceptors (Lipinski definition) is 5. The Balaban J connectivity index is 1.67. The average Bonchev–Trinajstić information content (AvgIpc) is 3.36. The van der Waals surface area contributed by atoms with Crippen LogP contribution in [0.25, 0.3) is 33.3 Å². The van der Waals surface area contributed by atoms with Gasteiger partial charge in [-0.25, -0.2) is 4.79 Å². The minimum atomic E-state index is -1.02. The number of amides is 1. The van der Waals surface area contributed by atoms with Gasteiger partial charge in [-0.15, -0.1) is 10.2 Å². The molecule has 1 atom stereocenters. The molecule has 0 aliphatic rings. The highest BCUT2D eigenvalue weighted by Crippen LogP contribution is 2.32. The summed E-state index contributed by atoms with van der Waals surface area (Å²) in [6.07, 6.45) is 0.258. The molecule has 162 valence electrons. The molecule has 2 N–H and O–H groups in total. The number of carboxylic acids is 1. The molecule has 0 saturated heterocycles. The quantitative estimate of drug-likeness (QED) is 0.461. The van der Waals surface area contributed by atoms with Gasteiger partial charge in [0.25, 0.3) is 0 Å². The SMILES string of the molecule is CCC(=O)N(Cc1ccc2cc(-c3ccccc3-c3nn[nH]n3)ccc2c1)[C@@H](C)C(=O)O. The van der Waals surface area contributed by atoms with Crippen LogP contribution in [-0.4, -0.2) is 48.5 Å². The Hall–Kier alpha value is -4.07. The Labute approximate surface area is 184 Å². The van der Waals surface area contributed by atoms with Crippen LogP contribution in [0.1, 0.15) is 25.8 Å². The van der Waals surface area contributed by atoms with Crippen molar-refractivity contribution in [3.63, 3.8) is 0 Å². The Bertz CT molecular complexity index is 1270. The number of rotatable bonds is 7. The van der Waals surface area contributed by atoms with Crippen LogP contribution in [0.15, 0.2) is 60.7 Å². The van der Waals surface area contributed by atoms with Crippen LogP contribution in [-0.2, 0) is 16.1 Å². The van der Waals surface area contributed by atoms with E-state index in [9.17, 15) is 14.7 Å². The van der Waals surface area contributed by atoms with E-state index in [4.69, 9.17) is 0 Å². The lowest BCUT2D eigenvalue weighted by molar-refractivity contribution is -0.149. The first kappa shape index (κ1) is 21.2. The Morgan fingerprint density at radius 2 is 1.75 bits per heavy atom. The summed E-state index contributed by atoms with van der Waals surface area (Å²) in [5, 5.41) is 25.8. The van der Waals surface area contributed by atoms with Crippen LogP contribution in [0.5, 0.6) is 0 Å². The van der Waals surface area contributed by atoms with Crippen LogP contribution in [0.4, 0.5) is 0 Å². The van der Waals surface area contributed by atoms with E-state index in [1.807, 2.05) is 54.6 Å². The molecular weight excluding hydrogens is 406 g/mol. The van der Waals surface area contributed by atoms with Gasteiger partial charge >= 0.3 is 5.97 Å². The van der Waals surface area contributed by atoms with Gasteiger partial charge in [-0.2, -0.15) is 5.21 Å². The lowest BCUT2D eigenvalue weighted by atomic mass is 9.96. The highest BCUT2D eigenvalue weighted by atomic mass is 16.4. The number of H-pyrrole nitrogens is 1. The minimum Gasteiger partial charge on any atom is -0.480 e. The van der Waals surface area contributed by atoms with Crippen molar-refractivity contribution in [3.8, 4) is 22.5 Å². The second kappa shape index (κ2) is 8.97. The topological polar surface area (TPSA) is 112 Å². The zero-order valence-electron chi connectivity index (χ0n) is 17.8. The van der Waals surface area contributed by atoms with Gasteiger partial charge in [0.05, 0.1) is 0 Å². The second-order valence-electron chi connectivity index (χ2n) is 7.57. The zero-order valence-corrected chi connectivity index (χ0v) is 17.8. The molecule has 0 aliphatic heterocycles. The Morgan fingerprint density at radius 1 is 1.03 bits per heavy atom. The third kappa shape index (κ3) is 4.20. The molecule has 0 spiro atoms. The summed E-state index contributed by atoms with van der Waals surface area (Å²) in [7, 11) is 0. The maximum Gasteiger partial charge on any atom is 0.326 e. The highest BCUT2D eigenvalue weighted by molar-refractivity contribution is 5.91. The fourth-order valence-corrected chi connectivity index (χ4v) is 3.74. The van der Waals surface area contributed by atoms with E-state index in [2.05, 4.69) is 26.7 Å². The van der Waals surface area contributed by atoms with E-state index in [0.29, 0.717) is 5.82 Å². The van der Waals surface area contributed by atoms with Gasteiger partial charge < -0.3 is 10.0 Å². The number of aliphatic carboxylic acids is 1. The standard InChI is InChI=1S/C24H23N5O3/c1-3-22(30)29(15(2)24(31)32)14-16-8-9-18-13-19(11-10-17(18)12-16)20-6-4-5-7-21(20)23-25-27-28-26-23/h4-13,15H,3,14H2,1-2H3,(H,31,32)(H,25,26,27,28)/t15-/m0/s1. The van der Waals surface area contributed by atoms with Gasteiger partial charge in [0.15, 0.2) is 0 Å². The number of aromatic amines is 1. The van der Waals surface area contributed by atoms with Crippen LogP contribution in [0.3, 0.4) is 0 Å². The highest BCUT2D eigenvalue weighted by Gasteiger charge is 2.24. The molecule has 0 aliphatic carbocycles. The number of fused-ring (bicyclic) bond motifs is 1. The van der Waals surface area contributed by atoms with Crippen molar-refractivity contribution in [2.45, 2.75) is 32.9 Å². The van der Waals surface area contributed by atoms with Gasteiger partial charge in [0.2, 0.25) is 11.7 Å². The van der Waals surface area contributed by atoms with Crippen molar-refractivity contribution in [3.05, 3.63) is 66.2 Å². The normalized spacial score (nSPS) is 11.9. The van der Waals surface area contributed by atoms with Crippen LogP contribution < -0.4 is 0 Å². The number of carboxylic acid groups (broad SMARTS) is 1. The number of nitrogens with zero attached hydrogens (tertiary/aromatic N) is 4. The Kier molecular flexibility index (Phi) is 5.93. The molecule has 4 rings (SSSR count). The second-order valence-corrected chi connectivity index (χ2v) is 7.57. The van der Waals surface area contributed by atoms with E-state index < -0.39 is 12.0 Å². The molecule has 1 heterocycles. The molecule has 4 aromatic rings. The zero-order chi connectivity index (χ0) is 22.7. The molecule has 1 amide bonds. The van der Waals surface area contributed by atoms with E-state index >= 15 is 0 Å². The summed E-state index contributed by atoms with van der Waals surface area (Å²) in [6.45, 7) is 3.52. The van der Waals surface area contributed by atoms with Crippen molar-refractivity contribution >= 4 is 22.6 Å². The van der Waals surface area contributed by atoms with Crippen molar-refractivity contribution in [1.82, 2.24) is 25.5 Å². The first-order valence-corrected chi connectivity index (χ1v) is 10.4. The fraction of sp³-hybridized carbons (Fsp3) is 0.208. The predicted molar refractivity (Wildman–Crippen MR) is 120 cm³/mol. The van der Waals surface area contributed by atoms with E-state index in [-0.39, 0.29) is 18.9 Å². The Morgan fingerprint density at radius 3 is 2.44 bits per heavy atom. The molecular formula is C24H23N5O3. The maximum absolute atomic E-state index is 12.3. The molecule has 0 radical (unpaired) electrons. The fourth-order valence-electron chi connectivity index (χ4n) is 3.74. The van der Waals surface area contributed by atoms with Gasteiger partial charge in [-0.1, -0.05) is 55.5 Å². The van der Waals surface area contributed by atoms with Crippen LogP contribution in [0, 0.1) is 0 Å². The first-order valence-electron chi connectivity index (χ1n) is 10.4. The molecule has 8 nitrogen and oxygen atoms in total. The predicted octanol–water partition coefficient (Wildman–Crippen LogP) is 3.90. The van der Waals surface area contributed by atoms with Crippen LogP contribution >= 0.6 is 0 Å². The smallest absolute Gasteiger partial charge is 0.326 e. The number of tetrazole rings is 1. The summed E-state index contributed by atoms with van der Waals surface area (Å²) >= 11 is 0. The van der Waals surface area contributed by atoms with Gasteiger partial charge in [-0.05, 0) is 51.7 Å². The number of aromatic nitrogens is 4. The monoisotopic (exact) mass is 429 g/mol. The maximum atomic E-state index is 12.3. The third-order valence-corrected chi connectivity index (χ3v) is 5.53. The van der Waals surface area contributed by atoms with Gasteiger partial charge in [-0.3, -0.25) is 4.79 Å². The minimum absolute atomic E-state index is 0.187. The molecule has 32 heavy (non-hydrogen) atoms. The first-order chi connectivity index (χ1) is 15.5. The molecule has 0 bridgehead atoms. The summed E-state index contributed by atoms with van der Waals surface area (Å²) in [6, 6.07) is 19.0. The molecule has 0 fully saturated rings. The molecule has 3 aromatic carbocycles. The van der Waals surface area contributed by atoms with Crippen molar-refractivity contribution < 1.29 is 14.7 Å². The van der Waals surface area contributed by atoms with Gasteiger partial charge in [0, 0.05) is 18.5 Å². The summed E-state index contributed by atoms with van der Waals surface area (Å²) in [5.74, 6) is -0.671. The largest absolute Gasteiger partial charge is 0.480 e. The molecule has 1 aromatic heterocycles. The molecule has 8 heteroatoms. The van der Waals surface area contributed by atoms with Crippen molar-refractivity contribution in [2.75, 3.05) is 0 Å². The lowest BCUT2D eigenvalue weighted by Gasteiger charge is -2.26. The van der Waals surface area contributed by atoms with E-state index in [1.165, 1.54) is 11.8 Å². The van der Waals surface area contributed by atoms with Gasteiger partial charge in [0.1, 0.15) is 6.04 Å².